The first-order valence-electron chi connectivity index (χ1n) is 9.11. The lowest BCUT2D eigenvalue weighted by Gasteiger charge is -2.17. The molecule has 7 nitrogen and oxygen atoms in total. The molecule has 2 aromatic carbocycles. The normalized spacial score (nSPS) is 11.0. The van der Waals surface area contributed by atoms with E-state index in [4.69, 9.17) is 0 Å². The van der Waals surface area contributed by atoms with Crippen molar-refractivity contribution in [1.82, 2.24) is 0 Å². The number of hydrogen-bond acceptors (Lipinski definition) is 5. The number of nitro groups is 1. The summed E-state index contributed by atoms with van der Waals surface area (Å²) in [7, 11) is 0. The molecule has 0 heterocycles. The molecule has 0 atom stereocenters. The molecule has 2 rings (SSSR count). The predicted molar refractivity (Wildman–Crippen MR) is 116 cm³/mol. The van der Waals surface area contributed by atoms with Crippen LogP contribution in [-0.2, 0) is 9.59 Å². The van der Waals surface area contributed by atoms with Crippen molar-refractivity contribution in [3.8, 4) is 0 Å². The quantitative estimate of drug-likeness (QED) is 0.376. The zero-order valence-electron chi connectivity index (χ0n) is 16.9. The summed E-state index contributed by atoms with van der Waals surface area (Å²) >= 11 is 1.34. The Morgan fingerprint density at radius 1 is 1.03 bits per heavy atom. The Bertz CT molecular complexity index is 905. The predicted octanol–water partition coefficient (Wildman–Crippen LogP) is 5.01. The molecule has 0 fully saturated rings. The lowest BCUT2D eigenvalue weighted by Crippen LogP contribution is -2.19. The van der Waals surface area contributed by atoms with Gasteiger partial charge in [0.15, 0.2) is 0 Å². The van der Waals surface area contributed by atoms with E-state index in [0.29, 0.717) is 17.8 Å². The number of nitrogens with one attached hydrogen (secondary N) is 2. The molecule has 0 aliphatic heterocycles. The molecule has 2 amide bonds. The van der Waals surface area contributed by atoms with Crippen molar-refractivity contribution in [2.45, 2.75) is 39.0 Å². The zero-order valence-corrected chi connectivity index (χ0v) is 17.8. The van der Waals surface area contributed by atoms with Gasteiger partial charge in [0, 0.05) is 29.1 Å². The SMILES string of the molecule is Cc1ccc([N+](=O)[O-])cc1NC(=O)CSc1ccc(NC(=O)CC(C)(C)C)cc1. The Labute approximate surface area is 174 Å². The topological polar surface area (TPSA) is 101 Å². The van der Waals surface area contributed by atoms with E-state index in [1.807, 2.05) is 32.9 Å². The van der Waals surface area contributed by atoms with E-state index < -0.39 is 4.92 Å². The van der Waals surface area contributed by atoms with Crippen LogP contribution in [0.4, 0.5) is 17.1 Å². The number of rotatable bonds is 7. The lowest BCUT2D eigenvalue weighted by atomic mass is 9.92. The maximum atomic E-state index is 12.2. The van der Waals surface area contributed by atoms with E-state index in [1.54, 1.807) is 25.1 Å². The highest BCUT2D eigenvalue weighted by molar-refractivity contribution is 8.00. The third kappa shape index (κ3) is 7.57. The average molecular weight is 416 g/mol. The minimum Gasteiger partial charge on any atom is -0.326 e. The molecule has 0 saturated carbocycles. The van der Waals surface area contributed by atoms with E-state index in [9.17, 15) is 19.7 Å². The summed E-state index contributed by atoms with van der Waals surface area (Å²) in [5.41, 5.74) is 1.75. The van der Waals surface area contributed by atoms with Crippen molar-refractivity contribution in [3.05, 3.63) is 58.1 Å². The minimum atomic E-state index is -0.494. The van der Waals surface area contributed by atoms with Crippen molar-refractivity contribution in [2.24, 2.45) is 5.41 Å². The van der Waals surface area contributed by atoms with Gasteiger partial charge >= 0.3 is 0 Å². The molecule has 0 spiro atoms. The van der Waals surface area contributed by atoms with Crippen LogP contribution in [0.1, 0.15) is 32.8 Å². The van der Waals surface area contributed by atoms with Crippen LogP contribution in [0.25, 0.3) is 0 Å². The number of nitro benzene ring substituents is 1. The third-order valence-corrected chi connectivity index (χ3v) is 4.92. The standard InChI is InChI=1S/C21H25N3O4S/c1-14-5-8-16(24(27)28)11-18(14)23-20(26)13-29-17-9-6-15(7-10-17)22-19(25)12-21(2,3)4/h5-11H,12-13H2,1-4H3,(H,22,25)(H,23,26). The number of amides is 2. The van der Waals surface area contributed by atoms with Crippen molar-refractivity contribution >= 4 is 40.6 Å². The molecular weight excluding hydrogens is 390 g/mol. The maximum absolute atomic E-state index is 12.2. The van der Waals surface area contributed by atoms with Gasteiger partial charge in [-0.3, -0.25) is 19.7 Å². The number of benzene rings is 2. The zero-order chi connectivity index (χ0) is 21.6. The Balaban J connectivity index is 1.88. The summed E-state index contributed by atoms with van der Waals surface area (Å²) in [5.74, 6) is -0.122. The van der Waals surface area contributed by atoms with Gasteiger partial charge in [-0.15, -0.1) is 11.8 Å². The van der Waals surface area contributed by atoms with Crippen molar-refractivity contribution in [2.75, 3.05) is 16.4 Å². The number of aryl methyl sites for hydroxylation is 1. The number of anilines is 2. The van der Waals surface area contributed by atoms with Gasteiger partial charge in [0.2, 0.25) is 11.8 Å². The van der Waals surface area contributed by atoms with Gasteiger partial charge in [0.05, 0.1) is 16.4 Å². The Hall–Kier alpha value is -2.87. The Morgan fingerprint density at radius 2 is 1.69 bits per heavy atom. The molecular formula is C21H25N3O4S. The fourth-order valence-corrected chi connectivity index (χ4v) is 3.21. The molecule has 0 bridgehead atoms. The molecule has 0 radical (unpaired) electrons. The molecule has 0 aliphatic rings. The summed E-state index contributed by atoms with van der Waals surface area (Å²) in [6.07, 6.45) is 0.431. The highest BCUT2D eigenvalue weighted by Gasteiger charge is 2.16. The fraction of sp³-hybridized carbons (Fsp3) is 0.333. The first-order valence-corrected chi connectivity index (χ1v) is 10.1. The van der Waals surface area contributed by atoms with Gasteiger partial charge in [-0.25, -0.2) is 0 Å². The van der Waals surface area contributed by atoms with Crippen LogP contribution in [0.15, 0.2) is 47.4 Å². The van der Waals surface area contributed by atoms with Gasteiger partial charge in [-0.1, -0.05) is 26.8 Å². The van der Waals surface area contributed by atoms with Gasteiger partial charge in [-0.2, -0.15) is 0 Å². The molecule has 0 unspecified atom stereocenters. The molecule has 2 N–H and O–H groups in total. The largest absolute Gasteiger partial charge is 0.326 e. The van der Waals surface area contributed by atoms with Crippen LogP contribution in [0.5, 0.6) is 0 Å². The fourth-order valence-electron chi connectivity index (χ4n) is 2.51. The third-order valence-electron chi connectivity index (χ3n) is 3.90. The van der Waals surface area contributed by atoms with Gasteiger partial charge < -0.3 is 10.6 Å². The number of nitrogens with zero attached hydrogens (tertiary/aromatic N) is 1. The molecule has 0 aromatic heterocycles. The van der Waals surface area contributed by atoms with Crippen molar-refractivity contribution in [1.29, 1.82) is 0 Å². The second kappa shape index (κ2) is 9.56. The van der Waals surface area contributed by atoms with Gasteiger partial charge in [0.25, 0.3) is 5.69 Å². The lowest BCUT2D eigenvalue weighted by molar-refractivity contribution is -0.384. The first-order chi connectivity index (χ1) is 13.5. The maximum Gasteiger partial charge on any atom is 0.271 e. The summed E-state index contributed by atoms with van der Waals surface area (Å²) in [5, 5.41) is 16.5. The van der Waals surface area contributed by atoms with Crippen LogP contribution in [0.2, 0.25) is 0 Å². The molecule has 29 heavy (non-hydrogen) atoms. The van der Waals surface area contributed by atoms with Gasteiger partial charge in [-0.05, 0) is 42.2 Å². The Morgan fingerprint density at radius 3 is 2.28 bits per heavy atom. The summed E-state index contributed by atoms with van der Waals surface area (Å²) in [6, 6.07) is 11.6. The second-order valence-corrected chi connectivity index (χ2v) is 8.95. The summed E-state index contributed by atoms with van der Waals surface area (Å²) in [6.45, 7) is 7.80. The first kappa shape index (κ1) is 22.4. The van der Waals surface area contributed by atoms with E-state index in [0.717, 1.165) is 10.5 Å². The van der Waals surface area contributed by atoms with Crippen molar-refractivity contribution in [3.63, 3.8) is 0 Å². The molecule has 154 valence electrons. The van der Waals surface area contributed by atoms with E-state index in [2.05, 4.69) is 10.6 Å². The van der Waals surface area contributed by atoms with E-state index in [1.165, 1.54) is 23.9 Å². The van der Waals surface area contributed by atoms with Crippen LogP contribution >= 0.6 is 11.8 Å². The molecule has 0 aliphatic carbocycles. The number of hydrogen-bond donors (Lipinski definition) is 2. The molecule has 2 aromatic rings. The number of thioether (sulfide) groups is 1. The highest BCUT2D eigenvalue weighted by Crippen LogP contribution is 2.24. The molecule has 0 saturated heterocycles. The van der Waals surface area contributed by atoms with Crippen LogP contribution < -0.4 is 10.6 Å². The monoisotopic (exact) mass is 415 g/mol. The summed E-state index contributed by atoms with van der Waals surface area (Å²) < 4.78 is 0. The Kier molecular flexibility index (Phi) is 7.39. The average Bonchev–Trinajstić information content (AvgIpc) is 2.61. The van der Waals surface area contributed by atoms with Crippen LogP contribution in [0.3, 0.4) is 0 Å². The summed E-state index contributed by atoms with van der Waals surface area (Å²) in [4.78, 5) is 35.5. The van der Waals surface area contributed by atoms with Crippen molar-refractivity contribution < 1.29 is 14.5 Å². The van der Waals surface area contributed by atoms with Gasteiger partial charge in [0.1, 0.15) is 0 Å². The molecule has 8 heteroatoms. The second-order valence-electron chi connectivity index (χ2n) is 7.90. The number of carbonyl (C=O) groups is 2. The van der Waals surface area contributed by atoms with E-state index in [-0.39, 0.29) is 28.7 Å². The smallest absolute Gasteiger partial charge is 0.271 e. The van der Waals surface area contributed by atoms with Crippen LogP contribution in [0, 0.1) is 22.5 Å². The van der Waals surface area contributed by atoms with E-state index >= 15 is 0 Å². The highest BCUT2D eigenvalue weighted by atomic mass is 32.2. The number of carbonyl (C=O) groups excluding carboxylic acids is 2. The minimum absolute atomic E-state index is 0.0374. The number of non-ortho nitro benzene ring substituents is 1. The van der Waals surface area contributed by atoms with Crippen LogP contribution in [-0.4, -0.2) is 22.5 Å².